The number of anilines is 2. The van der Waals surface area contributed by atoms with Crippen LogP contribution in [0.15, 0.2) is 35.2 Å². The summed E-state index contributed by atoms with van der Waals surface area (Å²) in [5.74, 6) is -2.50. The van der Waals surface area contributed by atoms with E-state index in [4.69, 9.17) is 11.6 Å². The smallest absolute Gasteiger partial charge is 0.404 e. The Bertz CT molecular complexity index is 818. The molecule has 0 bridgehead atoms. The van der Waals surface area contributed by atoms with E-state index in [-0.39, 0.29) is 17.1 Å². The summed E-state index contributed by atoms with van der Waals surface area (Å²) in [7, 11) is 0. The van der Waals surface area contributed by atoms with Gasteiger partial charge in [0, 0.05) is 5.56 Å². The molecule has 0 aliphatic heterocycles. The summed E-state index contributed by atoms with van der Waals surface area (Å²) >= 11 is 8.42. The number of carbonyl (C=O) groups is 2. The molecule has 0 radical (unpaired) electrons. The van der Waals surface area contributed by atoms with Crippen molar-refractivity contribution >= 4 is 50.9 Å². The average molecular weight is 454 g/mol. The van der Waals surface area contributed by atoms with Gasteiger partial charge in [0.1, 0.15) is 10.5 Å². The number of halogens is 5. The molecule has 0 saturated carbocycles. The summed E-state index contributed by atoms with van der Waals surface area (Å²) in [6.45, 7) is 0. The SMILES string of the molecule is O=C(CCl)Nc1cc(C(=O)Nc2cnc(Br)cn2)ccc1OC(F)(F)F. The molecule has 26 heavy (non-hydrogen) atoms. The third kappa shape index (κ3) is 5.85. The van der Waals surface area contributed by atoms with Crippen molar-refractivity contribution in [3.05, 3.63) is 40.8 Å². The predicted octanol–water partition coefficient (Wildman–Crippen LogP) is 3.57. The molecule has 0 fully saturated rings. The third-order valence-electron chi connectivity index (χ3n) is 2.72. The highest BCUT2D eigenvalue weighted by Gasteiger charge is 2.32. The van der Waals surface area contributed by atoms with Gasteiger partial charge < -0.3 is 15.4 Å². The van der Waals surface area contributed by atoms with Crippen LogP contribution in [-0.2, 0) is 4.79 Å². The fourth-order valence-electron chi connectivity index (χ4n) is 1.73. The topological polar surface area (TPSA) is 93.2 Å². The Balaban J connectivity index is 2.27. The molecule has 1 aromatic heterocycles. The first kappa shape index (κ1) is 19.9. The van der Waals surface area contributed by atoms with Crippen molar-refractivity contribution in [1.82, 2.24) is 9.97 Å². The molecule has 1 heterocycles. The van der Waals surface area contributed by atoms with Crippen LogP contribution in [0.2, 0.25) is 0 Å². The van der Waals surface area contributed by atoms with Gasteiger partial charge in [0.2, 0.25) is 5.91 Å². The van der Waals surface area contributed by atoms with E-state index < -0.39 is 29.8 Å². The van der Waals surface area contributed by atoms with Gasteiger partial charge in [-0.15, -0.1) is 24.8 Å². The summed E-state index contributed by atoms with van der Waals surface area (Å²) in [6, 6.07) is 3.02. The number of nitrogens with one attached hydrogen (secondary N) is 2. The number of hydrogen-bond acceptors (Lipinski definition) is 5. The Hall–Kier alpha value is -2.40. The number of benzene rings is 1. The second-order valence-corrected chi connectivity index (χ2v) is 5.70. The van der Waals surface area contributed by atoms with Crippen molar-refractivity contribution in [2.45, 2.75) is 6.36 Å². The minimum absolute atomic E-state index is 0.0471. The zero-order chi connectivity index (χ0) is 19.3. The maximum absolute atomic E-state index is 12.5. The molecule has 12 heteroatoms. The molecule has 2 rings (SSSR count). The van der Waals surface area contributed by atoms with Crippen molar-refractivity contribution in [1.29, 1.82) is 0 Å². The standard InChI is InChI=1S/C14H9BrClF3N4O3/c15-10-5-21-11(6-20-10)23-13(25)7-1-2-9(26-14(17,18)19)8(3-7)22-12(24)4-16/h1-3,5-6H,4H2,(H,22,24)(H,21,23,25). The highest BCUT2D eigenvalue weighted by atomic mass is 79.9. The lowest BCUT2D eigenvalue weighted by Gasteiger charge is -2.15. The first-order valence-corrected chi connectivity index (χ1v) is 8.05. The maximum Gasteiger partial charge on any atom is 0.573 e. The van der Waals surface area contributed by atoms with Crippen LogP contribution in [0.4, 0.5) is 24.7 Å². The van der Waals surface area contributed by atoms with Gasteiger partial charge >= 0.3 is 6.36 Å². The number of ether oxygens (including phenoxy) is 1. The first-order chi connectivity index (χ1) is 12.2. The monoisotopic (exact) mass is 452 g/mol. The second kappa shape index (κ2) is 8.32. The normalized spacial score (nSPS) is 11.0. The fraction of sp³-hybridized carbons (Fsp3) is 0.143. The molecule has 1 aromatic carbocycles. The van der Waals surface area contributed by atoms with Gasteiger partial charge in [-0.1, -0.05) is 0 Å². The number of alkyl halides is 4. The van der Waals surface area contributed by atoms with Crippen LogP contribution in [-0.4, -0.2) is 34.0 Å². The number of rotatable bonds is 5. The molecule has 2 N–H and O–H groups in total. The lowest BCUT2D eigenvalue weighted by molar-refractivity contribution is -0.274. The first-order valence-electron chi connectivity index (χ1n) is 6.72. The fourth-order valence-corrected chi connectivity index (χ4v) is 2.00. The number of nitrogens with zero attached hydrogens (tertiary/aromatic N) is 2. The van der Waals surface area contributed by atoms with Crippen LogP contribution in [0, 0.1) is 0 Å². The molecule has 138 valence electrons. The molecule has 0 atom stereocenters. The third-order valence-corrected chi connectivity index (χ3v) is 3.38. The van der Waals surface area contributed by atoms with Gasteiger partial charge in [-0.3, -0.25) is 9.59 Å². The number of amides is 2. The number of carbonyl (C=O) groups excluding carboxylic acids is 2. The summed E-state index contributed by atoms with van der Waals surface area (Å²) in [5.41, 5.74) is -0.406. The minimum Gasteiger partial charge on any atom is -0.404 e. The van der Waals surface area contributed by atoms with Gasteiger partial charge in [0.05, 0.1) is 18.1 Å². The van der Waals surface area contributed by atoms with Crippen LogP contribution in [0.1, 0.15) is 10.4 Å². The summed E-state index contributed by atoms with van der Waals surface area (Å²) in [5, 5.41) is 4.55. The van der Waals surface area contributed by atoms with Crippen molar-refractivity contribution in [2.75, 3.05) is 16.5 Å². The largest absolute Gasteiger partial charge is 0.573 e. The number of aromatic nitrogens is 2. The summed E-state index contributed by atoms with van der Waals surface area (Å²) < 4.78 is 41.7. The van der Waals surface area contributed by atoms with E-state index in [1.165, 1.54) is 12.4 Å². The lowest BCUT2D eigenvalue weighted by Crippen LogP contribution is -2.21. The molecule has 0 saturated heterocycles. The van der Waals surface area contributed by atoms with E-state index in [0.717, 1.165) is 18.2 Å². The molecule has 7 nitrogen and oxygen atoms in total. The van der Waals surface area contributed by atoms with Gasteiger partial charge in [0.25, 0.3) is 5.91 Å². The average Bonchev–Trinajstić information content (AvgIpc) is 2.57. The van der Waals surface area contributed by atoms with Crippen LogP contribution in [0.3, 0.4) is 0 Å². The van der Waals surface area contributed by atoms with Crippen LogP contribution >= 0.6 is 27.5 Å². The molecule has 0 aliphatic carbocycles. The molecule has 0 aliphatic rings. The van der Waals surface area contributed by atoms with Crippen LogP contribution in [0.5, 0.6) is 5.75 Å². The lowest BCUT2D eigenvalue weighted by atomic mass is 10.1. The van der Waals surface area contributed by atoms with E-state index >= 15 is 0 Å². The van der Waals surface area contributed by atoms with E-state index in [0.29, 0.717) is 4.60 Å². The van der Waals surface area contributed by atoms with E-state index in [1.807, 2.05) is 0 Å². The Labute approximate surface area is 158 Å². The zero-order valence-electron chi connectivity index (χ0n) is 12.6. The molecular weight excluding hydrogens is 445 g/mol. The van der Waals surface area contributed by atoms with Crippen molar-refractivity contribution in [3.8, 4) is 5.75 Å². The van der Waals surface area contributed by atoms with Crippen LogP contribution in [0.25, 0.3) is 0 Å². The van der Waals surface area contributed by atoms with Gasteiger partial charge in [-0.25, -0.2) is 9.97 Å². The Morgan fingerprint density at radius 2 is 1.92 bits per heavy atom. The molecular formula is C14H9BrClF3N4O3. The molecule has 0 unspecified atom stereocenters. The van der Waals surface area contributed by atoms with Crippen molar-refractivity contribution in [3.63, 3.8) is 0 Å². The summed E-state index contributed by atoms with van der Waals surface area (Å²) in [6.07, 6.45) is -2.35. The Morgan fingerprint density at radius 1 is 1.19 bits per heavy atom. The molecule has 2 amide bonds. The highest BCUT2D eigenvalue weighted by molar-refractivity contribution is 9.10. The predicted molar refractivity (Wildman–Crippen MR) is 90.2 cm³/mol. The van der Waals surface area contributed by atoms with E-state index in [9.17, 15) is 22.8 Å². The molecule has 2 aromatic rings. The van der Waals surface area contributed by atoms with E-state index in [1.54, 1.807) is 0 Å². The van der Waals surface area contributed by atoms with Gasteiger partial charge in [0.15, 0.2) is 11.6 Å². The quantitative estimate of drug-likeness (QED) is 0.675. The minimum atomic E-state index is -4.97. The van der Waals surface area contributed by atoms with Gasteiger partial charge in [-0.05, 0) is 34.1 Å². The van der Waals surface area contributed by atoms with Crippen LogP contribution < -0.4 is 15.4 Å². The van der Waals surface area contributed by atoms with Gasteiger partial charge in [-0.2, -0.15) is 0 Å². The molecule has 0 spiro atoms. The maximum atomic E-state index is 12.5. The second-order valence-electron chi connectivity index (χ2n) is 4.62. The van der Waals surface area contributed by atoms with E-state index in [2.05, 4.69) is 41.3 Å². The van der Waals surface area contributed by atoms with Crippen molar-refractivity contribution < 1.29 is 27.5 Å². The highest BCUT2D eigenvalue weighted by Crippen LogP contribution is 2.31. The number of hydrogen-bond donors (Lipinski definition) is 2. The zero-order valence-corrected chi connectivity index (χ0v) is 14.9. The Kier molecular flexibility index (Phi) is 6.37. The Morgan fingerprint density at radius 3 is 2.50 bits per heavy atom. The summed E-state index contributed by atoms with van der Waals surface area (Å²) in [4.78, 5) is 31.4. The van der Waals surface area contributed by atoms with Crippen molar-refractivity contribution in [2.24, 2.45) is 0 Å².